The van der Waals surface area contributed by atoms with E-state index in [1.807, 2.05) is 20.8 Å². The van der Waals surface area contributed by atoms with Gasteiger partial charge in [0, 0.05) is 27.3 Å². The first-order valence-electron chi connectivity index (χ1n) is 14.3. The van der Waals surface area contributed by atoms with E-state index in [4.69, 9.17) is 20.2 Å². The topological polar surface area (TPSA) is 91.4 Å². The number of imidazole rings is 1. The summed E-state index contributed by atoms with van der Waals surface area (Å²) in [6.07, 6.45) is 4.16. The molecule has 38 heavy (non-hydrogen) atoms. The van der Waals surface area contributed by atoms with Crippen molar-refractivity contribution < 1.29 is 13.7 Å². The van der Waals surface area contributed by atoms with Crippen LogP contribution in [0.3, 0.4) is 0 Å². The Kier molecular flexibility index (Phi) is 8.97. The molecule has 2 heterocycles. The molecule has 4 atom stereocenters. The molecule has 3 N–H and O–H groups in total. The summed E-state index contributed by atoms with van der Waals surface area (Å²) in [6, 6.07) is 7.44. The second-order valence-corrected chi connectivity index (χ2v) is 21.8. The first-order valence-corrected chi connectivity index (χ1v) is 19.2. The summed E-state index contributed by atoms with van der Waals surface area (Å²) >= 11 is 0. The number of benzene rings is 1. The molecule has 7 nitrogen and oxygen atoms in total. The smallest absolute Gasteiger partial charge is 0.130 e. The molecule has 0 spiro atoms. The summed E-state index contributed by atoms with van der Waals surface area (Å²) in [5.74, 6) is 1.70. The van der Waals surface area contributed by atoms with Crippen LogP contribution in [0.25, 0.3) is 11.0 Å². The number of aromatic nitrogens is 2. The number of nitrogens with one attached hydrogen (secondary N) is 1. The fraction of sp³-hybridized carbons (Fsp3) is 0.759. The SMILES string of the molecule is CC1(C)CC([C@H](N[S@](=O)C(C)(C)C)c2nc3cc([C@H](N)C4CC4)ccc3n2COCC[Si](C)(C)C)CCO1. The summed E-state index contributed by atoms with van der Waals surface area (Å²) < 4.78 is 31.1. The fourth-order valence-corrected chi connectivity index (χ4v) is 6.86. The summed E-state index contributed by atoms with van der Waals surface area (Å²) in [5.41, 5.74) is 9.46. The molecule has 0 radical (unpaired) electrons. The van der Waals surface area contributed by atoms with Crippen molar-refractivity contribution in [3.63, 3.8) is 0 Å². The number of nitrogens with zero attached hydrogens (tertiary/aromatic N) is 2. The second kappa shape index (κ2) is 11.4. The molecule has 1 saturated carbocycles. The predicted octanol–water partition coefficient (Wildman–Crippen LogP) is 6.06. The summed E-state index contributed by atoms with van der Waals surface area (Å²) in [4.78, 5) is 5.22. The third-order valence-corrected chi connectivity index (χ3v) is 11.1. The minimum Gasteiger partial charge on any atom is -0.376 e. The average molecular weight is 563 g/mol. The van der Waals surface area contributed by atoms with Crippen LogP contribution in [0, 0.1) is 11.8 Å². The first-order chi connectivity index (χ1) is 17.6. The molecule has 214 valence electrons. The van der Waals surface area contributed by atoms with E-state index in [0.29, 0.717) is 19.3 Å². The maximum absolute atomic E-state index is 13.5. The first kappa shape index (κ1) is 29.9. The molecule has 0 bridgehead atoms. The van der Waals surface area contributed by atoms with Crippen molar-refractivity contribution in [2.24, 2.45) is 17.6 Å². The minimum absolute atomic E-state index is 0.0552. The monoisotopic (exact) mass is 562 g/mol. The average Bonchev–Trinajstić information content (AvgIpc) is 3.59. The lowest BCUT2D eigenvalue weighted by Gasteiger charge is -2.39. The minimum atomic E-state index is -1.25. The van der Waals surface area contributed by atoms with Crippen LogP contribution in [-0.2, 0) is 27.2 Å². The van der Waals surface area contributed by atoms with Crippen LogP contribution in [0.2, 0.25) is 25.7 Å². The zero-order chi connectivity index (χ0) is 27.9. The van der Waals surface area contributed by atoms with Crippen molar-refractivity contribution in [1.29, 1.82) is 0 Å². The molecule has 1 aliphatic heterocycles. The van der Waals surface area contributed by atoms with Gasteiger partial charge in [-0.25, -0.2) is 13.9 Å². The highest BCUT2D eigenvalue weighted by atomic mass is 32.2. The number of fused-ring (bicyclic) bond motifs is 1. The van der Waals surface area contributed by atoms with E-state index in [1.54, 1.807) is 0 Å². The molecule has 2 aromatic rings. The Labute approximate surface area is 233 Å². The standard InChI is InChI=1S/C29H50N4O3SSi/c1-28(2,3)37(34)32-26(22-13-14-36-29(4,5)18-22)27-31-23-17-21(25(30)20-9-10-20)11-12-24(23)33(27)19-35-15-16-38(6,7)8/h11-12,17,20,22,25-26,32H,9-10,13-16,18-19,30H2,1-8H3/t22?,25-,26+,37-/m1/s1. The van der Waals surface area contributed by atoms with Crippen LogP contribution < -0.4 is 10.5 Å². The number of hydrogen-bond acceptors (Lipinski definition) is 5. The molecule has 1 aliphatic carbocycles. The van der Waals surface area contributed by atoms with Gasteiger partial charge < -0.3 is 19.8 Å². The lowest BCUT2D eigenvalue weighted by molar-refractivity contribution is -0.0781. The largest absolute Gasteiger partial charge is 0.376 e. The highest BCUT2D eigenvalue weighted by molar-refractivity contribution is 7.84. The molecular formula is C29H50N4O3SSi. The molecule has 9 heteroatoms. The zero-order valence-electron chi connectivity index (χ0n) is 24.8. The fourth-order valence-electron chi connectivity index (χ4n) is 5.22. The lowest BCUT2D eigenvalue weighted by Crippen LogP contribution is -2.44. The third kappa shape index (κ3) is 7.55. The van der Waals surface area contributed by atoms with Gasteiger partial charge in [0.2, 0.25) is 0 Å². The molecule has 1 unspecified atom stereocenters. The van der Waals surface area contributed by atoms with E-state index in [1.165, 1.54) is 12.8 Å². The Bertz CT molecular complexity index is 1130. The van der Waals surface area contributed by atoms with Crippen LogP contribution >= 0.6 is 0 Å². The second-order valence-electron chi connectivity index (χ2n) is 14.2. The van der Waals surface area contributed by atoms with E-state index in [9.17, 15) is 4.21 Å². The van der Waals surface area contributed by atoms with Crippen LogP contribution in [0.1, 0.15) is 83.8 Å². The lowest BCUT2D eigenvalue weighted by atomic mass is 9.83. The van der Waals surface area contributed by atoms with Gasteiger partial charge in [-0.05, 0) is 95.9 Å². The van der Waals surface area contributed by atoms with Gasteiger partial charge in [0.25, 0.3) is 0 Å². The normalized spacial score (nSPS) is 22.9. The highest BCUT2D eigenvalue weighted by Gasteiger charge is 2.39. The van der Waals surface area contributed by atoms with Gasteiger partial charge in [0.1, 0.15) is 12.6 Å². The number of ether oxygens (including phenoxy) is 2. The maximum atomic E-state index is 13.5. The quantitative estimate of drug-likeness (QED) is 0.257. The van der Waals surface area contributed by atoms with Gasteiger partial charge in [-0.2, -0.15) is 0 Å². The van der Waals surface area contributed by atoms with E-state index in [2.05, 4.69) is 61.0 Å². The molecule has 0 amide bonds. The van der Waals surface area contributed by atoms with Crippen molar-refractivity contribution in [2.45, 2.75) is 115 Å². The Morgan fingerprint density at radius 1 is 1.24 bits per heavy atom. The molecular weight excluding hydrogens is 512 g/mol. The van der Waals surface area contributed by atoms with Gasteiger partial charge >= 0.3 is 0 Å². The number of hydrogen-bond donors (Lipinski definition) is 2. The van der Waals surface area contributed by atoms with E-state index < -0.39 is 23.8 Å². The Hall–Kier alpha value is -1.10. The van der Waals surface area contributed by atoms with Crippen LogP contribution in [-0.4, -0.2) is 45.4 Å². The van der Waals surface area contributed by atoms with Gasteiger partial charge in [-0.1, -0.05) is 25.7 Å². The van der Waals surface area contributed by atoms with Gasteiger partial charge in [-0.15, -0.1) is 0 Å². The summed E-state index contributed by atoms with van der Waals surface area (Å²) in [6.45, 7) is 19.3. The van der Waals surface area contributed by atoms with E-state index in [0.717, 1.165) is 47.9 Å². The van der Waals surface area contributed by atoms with Crippen molar-refractivity contribution in [3.8, 4) is 0 Å². The number of rotatable bonds is 11. The number of nitrogens with two attached hydrogens (primary N) is 1. The van der Waals surface area contributed by atoms with E-state index in [-0.39, 0.29) is 23.6 Å². The molecule has 1 aromatic heterocycles. The Morgan fingerprint density at radius 3 is 2.55 bits per heavy atom. The molecule has 2 fully saturated rings. The van der Waals surface area contributed by atoms with Gasteiger partial charge in [0.05, 0.1) is 38.4 Å². The Balaban J connectivity index is 1.74. The highest BCUT2D eigenvalue weighted by Crippen LogP contribution is 2.41. The van der Waals surface area contributed by atoms with E-state index >= 15 is 0 Å². The molecule has 1 saturated heterocycles. The van der Waals surface area contributed by atoms with Gasteiger partial charge in [-0.3, -0.25) is 0 Å². The van der Waals surface area contributed by atoms with Crippen molar-refractivity contribution in [1.82, 2.24) is 14.3 Å². The van der Waals surface area contributed by atoms with Gasteiger partial charge in [0.15, 0.2) is 0 Å². The van der Waals surface area contributed by atoms with Crippen molar-refractivity contribution >= 4 is 30.1 Å². The van der Waals surface area contributed by atoms with Crippen molar-refractivity contribution in [2.75, 3.05) is 13.2 Å². The maximum Gasteiger partial charge on any atom is 0.130 e. The predicted molar refractivity (Wildman–Crippen MR) is 160 cm³/mol. The Morgan fingerprint density at radius 2 is 1.95 bits per heavy atom. The molecule has 4 rings (SSSR count). The molecule has 2 aliphatic rings. The summed E-state index contributed by atoms with van der Waals surface area (Å²) in [5, 5.41) is 0. The van der Waals surface area contributed by atoms with Crippen LogP contribution in [0.4, 0.5) is 0 Å². The van der Waals surface area contributed by atoms with Crippen LogP contribution in [0.5, 0.6) is 0 Å². The third-order valence-electron chi connectivity index (χ3n) is 7.81. The van der Waals surface area contributed by atoms with Crippen LogP contribution in [0.15, 0.2) is 18.2 Å². The van der Waals surface area contributed by atoms with Crippen molar-refractivity contribution in [3.05, 3.63) is 29.6 Å². The molecule has 1 aromatic carbocycles. The summed E-state index contributed by atoms with van der Waals surface area (Å²) in [7, 11) is -2.46. The zero-order valence-corrected chi connectivity index (χ0v) is 26.6.